The minimum absolute atomic E-state index is 0.0505. The van der Waals surface area contributed by atoms with Gasteiger partial charge in [-0.05, 0) is 60.7 Å². The lowest BCUT2D eigenvalue weighted by Gasteiger charge is -2.31. The van der Waals surface area contributed by atoms with Gasteiger partial charge in [0, 0.05) is 16.6 Å². The van der Waals surface area contributed by atoms with Crippen LogP contribution in [0, 0.1) is 0 Å². The average molecular weight is 490 g/mol. The van der Waals surface area contributed by atoms with Crippen molar-refractivity contribution in [3.63, 3.8) is 0 Å². The first kappa shape index (κ1) is 23.0. The Morgan fingerprint density at radius 3 is 2.60 bits per heavy atom. The molecular formula is C26H27N5O3S. The molecular weight excluding hydrogens is 462 g/mol. The molecule has 8 nitrogen and oxygen atoms in total. The summed E-state index contributed by atoms with van der Waals surface area (Å²) in [4.78, 5) is 30.0. The molecule has 4 aromatic rings. The molecule has 1 N–H and O–H groups in total. The number of para-hydroxylation sites is 1. The Bertz CT molecular complexity index is 1300. The highest BCUT2D eigenvalue weighted by molar-refractivity contribution is 7.10. The molecule has 2 aromatic carbocycles. The highest BCUT2D eigenvalue weighted by atomic mass is 32.1. The summed E-state index contributed by atoms with van der Waals surface area (Å²) in [6.07, 6.45) is 4.14. The molecule has 0 spiro atoms. The SMILES string of the molecule is COc1ccc(N(C(=O)Cn2nnc3ccccc32)C(C(=O)NC2CCCC2)c2cccs2)cc1. The van der Waals surface area contributed by atoms with Crippen LogP contribution in [-0.4, -0.2) is 40.0 Å². The number of hydrogen-bond donors (Lipinski definition) is 1. The predicted molar refractivity (Wildman–Crippen MR) is 135 cm³/mol. The van der Waals surface area contributed by atoms with Crippen LogP contribution >= 0.6 is 11.3 Å². The average Bonchev–Trinajstić information content (AvgIpc) is 3.66. The fraction of sp³-hybridized carbons (Fsp3) is 0.308. The zero-order valence-electron chi connectivity index (χ0n) is 19.5. The highest BCUT2D eigenvalue weighted by Crippen LogP contribution is 2.33. The van der Waals surface area contributed by atoms with E-state index in [1.807, 2.05) is 41.8 Å². The number of anilines is 1. The number of rotatable bonds is 8. The van der Waals surface area contributed by atoms with E-state index in [2.05, 4.69) is 15.6 Å². The van der Waals surface area contributed by atoms with Crippen molar-refractivity contribution < 1.29 is 14.3 Å². The summed E-state index contributed by atoms with van der Waals surface area (Å²) in [5.74, 6) is 0.240. The molecule has 0 saturated heterocycles. The summed E-state index contributed by atoms with van der Waals surface area (Å²) in [7, 11) is 1.59. The third kappa shape index (κ3) is 4.90. The van der Waals surface area contributed by atoms with Crippen LogP contribution in [-0.2, 0) is 16.1 Å². The Balaban J connectivity index is 1.53. The summed E-state index contributed by atoms with van der Waals surface area (Å²) in [5, 5.41) is 13.5. The van der Waals surface area contributed by atoms with Crippen LogP contribution in [0.3, 0.4) is 0 Å². The zero-order valence-corrected chi connectivity index (χ0v) is 20.3. The Morgan fingerprint density at radius 2 is 1.89 bits per heavy atom. The van der Waals surface area contributed by atoms with E-state index < -0.39 is 6.04 Å². The van der Waals surface area contributed by atoms with Gasteiger partial charge in [0.15, 0.2) is 0 Å². The normalized spacial score (nSPS) is 14.7. The van der Waals surface area contributed by atoms with Crippen molar-refractivity contribution in [2.75, 3.05) is 12.0 Å². The van der Waals surface area contributed by atoms with Crippen LogP contribution < -0.4 is 15.0 Å². The van der Waals surface area contributed by atoms with E-state index in [4.69, 9.17) is 4.74 Å². The van der Waals surface area contributed by atoms with Crippen LogP contribution in [0.5, 0.6) is 5.75 Å². The second kappa shape index (κ2) is 10.3. The second-order valence-corrected chi connectivity index (χ2v) is 9.58. The van der Waals surface area contributed by atoms with E-state index in [9.17, 15) is 9.59 Å². The lowest BCUT2D eigenvalue weighted by Crippen LogP contribution is -2.47. The number of methoxy groups -OCH3 is 1. The minimum atomic E-state index is -0.800. The molecule has 1 saturated carbocycles. The molecule has 0 bridgehead atoms. The van der Waals surface area contributed by atoms with Gasteiger partial charge in [-0.25, -0.2) is 4.68 Å². The van der Waals surface area contributed by atoms with Gasteiger partial charge in [-0.2, -0.15) is 0 Å². The smallest absolute Gasteiger partial charge is 0.249 e. The summed E-state index contributed by atoms with van der Waals surface area (Å²) in [6.45, 7) is -0.0505. The maximum absolute atomic E-state index is 13.9. The van der Waals surface area contributed by atoms with Gasteiger partial charge in [0.2, 0.25) is 11.8 Å². The Kier molecular flexibility index (Phi) is 6.76. The summed E-state index contributed by atoms with van der Waals surface area (Å²) < 4.78 is 6.89. The molecule has 5 rings (SSSR count). The molecule has 180 valence electrons. The largest absolute Gasteiger partial charge is 0.497 e. The van der Waals surface area contributed by atoms with Crippen molar-refractivity contribution in [1.82, 2.24) is 20.3 Å². The van der Waals surface area contributed by atoms with Crippen molar-refractivity contribution in [2.45, 2.75) is 44.3 Å². The predicted octanol–water partition coefficient (Wildman–Crippen LogP) is 4.33. The lowest BCUT2D eigenvalue weighted by atomic mass is 10.1. The van der Waals surface area contributed by atoms with Crippen molar-refractivity contribution in [1.29, 1.82) is 0 Å². The van der Waals surface area contributed by atoms with Gasteiger partial charge < -0.3 is 10.1 Å². The quantitative estimate of drug-likeness (QED) is 0.398. The first-order valence-corrected chi connectivity index (χ1v) is 12.6. The topological polar surface area (TPSA) is 89.3 Å². The van der Waals surface area contributed by atoms with Crippen LogP contribution in [0.2, 0.25) is 0 Å². The van der Waals surface area contributed by atoms with Crippen LogP contribution in [0.4, 0.5) is 5.69 Å². The van der Waals surface area contributed by atoms with Crippen molar-refractivity contribution in [3.05, 3.63) is 70.9 Å². The summed E-state index contributed by atoms with van der Waals surface area (Å²) in [5.41, 5.74) is 2.09. The molecule has 2 aromatic heterocycles. The first-order chi connectivity index (χ1) is 17.1. The van der Waals surface area contributed by atoms with Crippen LogP contribution in [0.15, 0.2) is 66.0 Å². The van der Waals surface area contributed by atoms with E-state index in [1.54, 1.807) is 41.0 Å². The molecule has 1 atom stereocenters. The third-order valence-electron chi connectivity index (χ3n) is 6.35. The molecule has 0 aliphatic heterocycles. The molecule has 9 heteroatoms. The number of ether oxygens (including phenoxy) is 1. The number of carbonyl (C=O) groups excluding carboxylic acids is 2. The molecule has 1 unspecified atom stereocenters. The Labute approximate surface area is 207 Å². The zero-order chi connectivity index (χ0) is 24.2. The van der Waals surface area contributed by atoms with E-state index in [1.165, 1.54) is 11.3 Å². The number of nitrogens with one attached hydrogen (secondary N) is 1. The highest BCUT2D eigenvalue weighted by Gasteiger charge is 2.35. The molecule has 35 heavy (non-hydrogen) atoms. The van der Waals surface area contributed by atoms with E-state index in [-0.39, 0.29) is 24.4 Å². The van der Waals surface area contributed by atoms with Gasteiger partial charge in [-0.3, -0.25) is 14.5 Å². The number of nitrogens with zero attached hydrogens (tertiary/aromatic N) is 4. The van der Waals surface area contributed by atoms with Crippen LogP contribution in [0.25, 0.3) is 11.0 Å². The van der Waals surface area contributed by atoms with E-state index in [0.717, 1.165) is 36.1 Å². The van der Waals surface area contributed by atoms with E-state index in [0.29, 0.717) is 17.0 Å². The monoisotopic (exact) mass is 489 g/mol. The Morgan fingerprint density at radius 1 is 1.11 bits per heavy atom. The fourth-order valence-electron chi connectivity index (χ4n) is 4.59. The number of fused-ring (bicyclic) bond motifs is 1. The molecule has 1 aliphatic carbocycles. The van der Waals surface area contributed by atoms with Crippen LogP contribution in [0.1, 0.15) is 36.6 Å². The van der Waals surface area contributed by atoms with Crippen molar-refractivity contribution in [2.24, 2.45) is 0 Å². The Hall–Kier alpha value is -3.72. The number of benzene rings is 2. The lowest BCUT2D eigenvalue weighted by molar-refractivity contribution is -0.127. The van der Waals surface area contributed by atoms with Gasteiger partial charge in [-0.15, -0.1) is 16.4 Å². The maximum Gasteiger partial charge on any atom is 0.249 e. The fourth-order valence-corrected chi connectivity index (χ4v) is 5.40. The third-order valence-corrected chi connectivity index (χ3v) is 7.27. The van der Waals surface area contributed by atoms with Gasteiger partial charge in [-0.1, -0.05) is 36.3 Å². The van der Waals surface area contributed by atoms with Crippen molar-refractivity contribution in [3.8, 4) is 5.75 Å². The van der Waals surface area contributed by atoms with Gasteiger partial charge in [0.25, 0.3) is 0 Å². The second-order valence-electron chi connectivity index (χ2n) is 8.61. The molecule has 0 radical (unpaired) electrons. The summed E-state index contributed by atoms with van der Waals surface area (Å²) >= 11 is 1.46. The number of carbonyl (C=O) groups is 2. The number of amides is 2. The number of thiophene rings is 1. The van der Waals surface area contributed by atoms with Crippen molar-refractivity contribution >= 4 is 39.9 Å². The first-order valence-electron chi connectivity index (χ1n) is 11.7. The van der Waals surface area contributed by atoms with Gasteiger partial charge >= 0.3 is 0 Å². The minimum Gasteiger partial charge on any atom is -0.497 e. The maximum atomic E-state index is 13.9. The molecule has 1 fully saturated rings. The number of aromatic nitrogens is 3. The van der Waals surface area contributed by atoms with E-state index >= 15 is 0 Å². The molecule has 2 amide bonds. The van der Waals surface area contributed by atoms with Gasteiger partial charge in [0.1, 0.15) is 23.9 Å². The molecule has 2 heterocycles. The van der Waals surface area contributed by atoms with Gasteiger partial charge in [0.05, 0.1) is 12.6 Å². The molecule has 1 aliphatic rings. The number of hydrogen-bond acceptors (Lipinski definition) is 6. The summed E-state index contributed by atoms with van der Waals surface area (Å²) in [6, 6.07) is 17.8. The standard InChI is InChI=1S/C26H27N5O3S/c1-34-20-14-12-19(13-15-20)31(24(32)17-30-22-10-5-4-9-21(22)28-29-30)25(23-11-6-16-35-23)26(33)27-18-7-2-3-8-18/h4-6,9-16,18,25H,2-3,7-8,17H2,1H3,(H,27,33).